The Morgan fingerprint density at radius 3 is 2.85 bits per heavy atom. The minimum absolute atomic E-state index is 0.0981. The van der Waals surface area contributed by atoms with Crippen LogP contribution < -0.4 is 0 Å². The predicted octanol–water partition coefficient (Wildman–Crippen LogP) is 2.97. The number of hydrogen-bond donors (Lipinski definition) is 0. The highest BCUT2D eigenvalue weighted by Gasteiger charge is 2.13. The van der Waals surface area contributed by atoms with Crippen LogP contribution in [-0.4, -0.2) is 19.5 Å². The van der Waals surface area contributed by atoms with Crippen molar-refractivity contribution in [3.05, 3.63) is 0 Å². The molecule has 0 saturated carbocycles. The predicted molar refractivity (Wildman–Crippen MR) is 53.6 cm³/mol. The van der Waals surface area contributed by atoms with E-state index >= 15 is 0 Å². The second-order valence-corrected chi connectivity index (χ2v) is 4.20. The molecular weight excluding hydrogens is 164 g/mol. The van der Waals surface area contributed by atoms with Crippen LogP contribution >= 0.6 is 0 Å². The zero-order valence-electron chi connectivity index (χ0n) is 8.92. The molecule has 1 aliphatic heterocycles. The maximum atomic E-state index is 5.61. The lowest BCUT2D eigenvalue weighted by atomic mass is 10.1. The molecular formula is C11H22O2. The van der Waals surface area contributed by atoms with Crippen molar-refractivity contribution in [3.8, 4) is 0 Å². The van der Waals surface area contributed by atoms with E-state index in [-0.39, 0.29) is 6.29 Å². The van der Waals surface area contributed by atoms with Gasteiger partial charge in [-0.3, -0.25) is 0 Å². The van der Waals surface area contributed by atoms with Gasteiger partial charge >= 0.3 is 0 Å². The summed E-state index contributed by atoms with van der Waals surface area (Å²) in [6, 6.07) is 0. The summed E-state index contributed by atoms with van der Waals surface area (Å²) < 4.78 is 11.1. The Bertz CT molecular complexity index is 117. The summed E-state index contributed by atoms with van der Waals surface area (Å²) in [6.45, 7) is 6.24. The van der Waals surface area contributed by atoms with E-state index in [1.165, 1.54) is 19.3 Å². The number of rotatable bonds is 5. The van der Waals surface area contributed by atoms with E-state index in [1.807, 2.05) is 0 Å². The Hall–Kier alpha value is -0.0800. The second-order valence-electron chi connectivity index (χ2n) is 4.20. The van der Waals surface area contributed by atoms with Crippen molar-refractivity contribution in [2.24, 2.45) is 5.92 Å². The van der Waals surface area contributed by atoms with Gasteiger partial charge in [-0.1, -0.05) is 13.8 Å². The first-order chi connectivity index (χ1) is 6.29. The van der Waals surface area contributed by atoms with E-state index in [4.69, 9.17) is 9.47 Å². The van der Waals surface area contributed by atoms with Crippen LogP contribution in [0.2, 0.25) is 0 Å². The Morgan fingerprint density at radius 1 is 1.38 bits per heavy atom. The average molecular weight is 186 g/mol. The van der Waals surface area contributed by atoms with Crippen LogP contribution in [0.15, 0.2) is 0 Å². The fraction of sp³-hybridized carbons (Fsp3) is 1.00. The third-order valence-electron chi connectivity index (χ3n) is 2.37. The van der Waals surface area contributed by atoms with Gasteiger partial charge in [0.15, 0.2) is 6.29 Å². The normalized spacial score (nSPS) is 23.8. The molecule has 0 aromatic heterocycles. The van der Waals surface area contributed by atoms with E-state index in [2.05, 4.69) is 13.8 Å². The van der Waals surface area contributed by atoms with Gasteiger partial charge in [0, 0.05) is 13.2 Å². The fourth-order valence-corrected chi connectivity index (χ4v) is 1.55. The molecule has 1 rings (SSSR count). The minimum atomic E-state index is 0.0981. The molecule has 0 amide bonds. The van der Waals surface area contributed by atoms with Crippen molar-refractivity contribution in [2.75, 3.05) is 13.2 Å². The summed E-state index contributed by atoms with van der Waals surface area (Å²) in [5, 5.41) is 0. The smallest absolute Gasteiger partial charge is 0.157 e. The molecule has 13 heavy (non-hydrogen) atoms. The van der Waals surface area contributed by atoms with Crippen molar-refractivity contribution in [1.29, 1.82) is 0 Å². The van der Waals surface area contributed by atoms with Gasteiger partial charge in [-0.25, -0.2) is 0 Å². The molecule has 0 spiro atoms. The van der Waals surface area contributed by atoms with Crippen molar-refractivity contribution in [3.63, 3.8) is 0 Å². The Kier molecular flexibility index (Phi) is 5.40. The van der Waals surface area contributed by atoms with E-state index in [0.717, 1.165) is 32.0 Å². The molecule has 2 heteroatoms. The van der Waals surface area contributed by atoms with Crippen LogP contribution in [0.4, 0.5) is 0 Å². The SMILES string of the molecule is CC(C)CCCOC1CCCCO1. The first-order valence-electron chi connectivity index (χ1n) is 5.52. The van der Waals surface area contributed by atoms with Crippen LogP contribution in [-0.2, 0) is 9.47 Å². The monoisotopic (exact) mass is 186 g/mol. The van der Waals surface area contributed by atoms with Crippen LogP contribution in [0, 0.1) is 5.92 Å². The lowest BCUT2D eigenvalue weighted by Crippen LogP contribution is -2.22. The second kappa shape index (κ2) is 6.39. The van der Waals surface area contributed by atoms with Gasteiger partial charge in [-0.05, 0) is 38.0 Å². The zero-order valence-corrected chi connectivity index (χ0v) is 8.92. The Labute approximate surface area is 81.6 Å². The number of ether oxygens (including phenoxy) is 2. The molecule has 78 valence electrons. The molecule has 1 heterocycles. The topological polar surface area (TPSA) is 18.5 Å². The maximum Gasteiger partial charge on any atom is 0.157 e. The molecule has 0 aliphatic carbocycles. The molecule has 2 nitrogen and oxygen atoms in total. The third kappa shape index (κ3) is 5.27. The molecule has 0 radical (unpaired) electrons. The van der Waals surface area contributed by atoms with E-state index in [0.29, 0.717) is 0 Å². The standard InChI is InChI=1S/C11H22O2/c1-10(2)6-5-9-13-11-7-3-4-8-12-11/h10-11H,3-9H2,1-2H3. The highest BCUT2D eigenvalue weighted by molar-refractivity contribution is 4.54. The van der Waals surface area contributed by atoms with Crippen molar-refractivity contribution in [1.82, 2.24) is 0 Å². The van der Waals surface area contributed by atoms with Gasteiger partial charge in [-0.15, -0.1) is 0 Å². The lowest BCUT2D eigenvalue weighted by molar-refractivity contribution is -0.163. The van der Waals surface area contributed by atoms with E-state index < -0.39 is 0 Å². The molecule has 0 N–H and O–H groups in total. The van der Waals surface area contributed by atoms with Crippen LogP contribution in [0.5, 0.6) is 0 Å². The highest BCUT2D eigenvalue weighted by Crippen LogP contribution is 2.14. The summed E-state index contributed by atoms with van der Waals surface area (Å²) >= 11 is 0. The molecule has 1 saturated heterocycles. The molecule has 0 aromatic carbocycles. The fourth-order valence-electron chi connectivity index (χ4n) is 1.55. The summed E-state index contributed by atoms with van der Waals surface area (Å²) in [4.78, 5) is 0. The Balaban J connectivity index is 1.92. The molecule has 1 atom stereocenters. The molecule has 1 fully saturated rings. The maximum absolute atomic E-state index is 5.61. The average Bonchev–Trinajstić information content (AvgIpc) is 2.14. The Morgan fingerprint density at radius 2 is 2.23 bits per heavy atom. The van der Waals surface area contributed by atoms with Crippen molar-refractivity contribution in [2.45, 2.75) is 52.2 Å². The van der Waals surface area contributed by atoms with Gasteiger partial charge in [0.1, 0.15) is 0 Å². The van der Waals surface area contributed by atoms with Gasteiger partial charge in [0.2, 0.25) is 0 Å². The highest BCUT2D eigenvalue weighted by atomic mass is 16.7. The van der Waals surface area contributed by atoms with Gasteiger partial charge in [0.25, 0.3) is 0 Å². The first-order valence-corrected chi connectivity index (χ1v) is 5.52. The third-order valence-corrected chi connectivity index (χ3v) is 2.37. The van der Waals surface area contributed by atoms with E-state index in [1.54, 1.807) is 0 Å². The van der Waals surface area contributed by atoms with Crippen LogP contribution in [0.1, 0.15) is 46.0 Å². The quantitative estimate of drug-likeness (QED) is 0.614. The largest absolute Gasteiger partial charge is 0.353 e. The molecule has 1 unspecified atom stereocenters. The first kappa shape index (κ1) is 11.0. The molecule has 0 aromatic rings. The summed E-state index contributed by atoms with van der Waals surface area (Å²) in [5.74, 6) is 0.788. The summed E-state index contributed by atoms with van der Waals surface area (Å²) in [6.07, 6.45) is 6.06. The van der Waals surface area contributed by atoms with E-state index in [9.17, 15) is 0 Å². The number of hydrogen-bond acceptors (Lipinski definition) is 2. The van der Waals surface area contributed by atoms with Crippen molar-refractivity contribution >= 4 is 0 Å². The van der Waals surface area contributed by atoms with Crippen molar-refractivity contribution < 1.29 is 9.47 Å². The minimum Gasteiger partial charge on any atom is -0.353 e. The van der Waals surface area contributed by atoms with Gasteiger partial charge in [0.05, 0.1) is 0 Å². The zero-order chi connectivity index (χ0) is 9.52. The van der Waals surface area contributed by atoms with Gasteiger partial charge in [-0.2, -0.15) is 0 Å². The lowest BCUT2D eigenvalue weighted by Gasteiger charge is -2.22. The van der Waals surface area contributed by atoms with Crippen LogP contribution in [0.25, 0.3) is 0 Å². The van der Waals surface area contributed by atoms with Gasteiger partial charge < -0.3 is 9.47 Å². The molecule has 1 aliphatic rings. The van der Waals surface area contributed by atoms with Crippen LogP contribution in [0.3, 0.4) is 0 Å². The summed E-state index contributed by atoms with van der Waals surface area (Å²) in [7, 11) is 0. The summed E-state index contributed by atoms with van der Waals surface area (Å²) in [5.41, 5.74) is 0. The molecule has 0 bridgehead atoms.